The van der Waals surface area contributed by atoms with Gasteiger partial charge in [0.1, 0.15) is 0 Å². The lowest BCUT2D eigenvalue weighted by molar-refractivity contribution is 0.0697. The molecule has 6 nitrogen and oxygen atoms in total. The SMILES string of the molecule is CNC(=O)c1cc2c(c(C(=O)O)c1)Nc1cc(CCc3ccc(Cl)c(Cl)c3)ccc1O2. The van der Waals surface area contributed by atoms with Gasteiger partial charge in [-0.25, -0.2) is 4.79 Å². The van der Waals surface area contributed by atoms with Crippen molar-refractivity contribution >= 4 is 46.5 Å². The summed E-state index contributed by atoms with van der Waals surface area (Å²) < 4.78 is 5.91. The summed E-state index contributed by atoms with van der Waals surface area (Å²) in [5.41, 5.74) is 3.26. The number of nitrogens with one attached hydrogen (secondary N) is 2. The van der Waals surface area contributed by atoms with Crippen LogP contribution in [0.15, 0.2) is 48.5 Å². The molecule has 0 saturated carbocycles. The molecule has 0 atom stereocenters. The van der Waals surface area contributed by atoms with Gasteiger partial charge < -0.3 is 20.5 Å². The van der Waals surface area contributed by atoms with Crippen molar-refractivity contribution in [3.05, 3.63) is 80.8 Å². The fourth-order valence-corrected chi connectivity index (χ4v) is 3.75. The number of amides is 1. The summed E-state index contributed by atoms with van der Waals surface area (Å²) in [5, 5.41) is 16.3. The van der Waals surface area contributed by atoms with E-state index in [0.29, 0.717) is 27.2 Å². The number of carbonyl (C=O) groups excluding carboxylic acids is 1. The molecule has 31 heavy (non-hydrogen) atoms. The fourth-order valence-electron chi connectivity index (χ4n) is 3.43. The van der Waals surface area contributed by atoms with Gasteiger partial charge in [0.25, 0.3) is 5.91 Å². The molecule has 0 saturated heterocycles. The lowest BCUT2D eigenvalue weighted by atomic mass is 10.0. The molecule has 8 heteroatoms. The zero-order chi connectivity index (χ0) is 22.1. The number of carboxylic acid groups (broad SMARTS) is 1. The van der Waals surface area contributed by atoms with Gasteiger partial charge in [-0.1, -0.05) is 35.3 Å². The second kappa shape index (κ2) is 8.49. The van der Waals surface area contributed by atoms with Gasteiger partial charge in [-0.15, -0.1) is 0 Å². The third-order valence-corrected chi connectivity index (χ3v) is 5.77. The van der Waals surface area contributed by atoms with Gasteiger partial charge in [0.15, 0.2) is 11.5 Å². The summed E-state index contributed by atoms with van der Waals surface area (Å²) in [6, 6.07) is 14.1. The first-order chi connectivity index (χ1) is 14.9. The number of halogens is 2. The van der Waals surface area contributed by atoms with E-state index in [1.807, 2.05) is 30.3 Å². The van der Waals surface area contributed by atoms with Crippen molar-refractivity contribution in [2.45, 2.75) is 12.8 Å². The smallest absolute Gasteiger partial charge is 0.337 e. The number of rotatable bonds is 5. The van der Waals surface area contributed by atoms with Gasteiger partial charge in [-0.05, 0) is 60.4 Å². The van der Waals surface area contributed by atoms with E-state index in [0.717, 1.165) is 24.0 Å². The third kappa shape index (κ3) is 4.31. The molecular formula is C23H18Cl2N2O4. The van der Waals surface area contributed by atoms with Crippen molar-refractivity contribution in [1.82, 2.24) is 5.32 Å². The van der Waals surface area contributed by atoms with Crippen molar-refractivity contribution in [3.8, 4) is 11.5 Å². The number of carboxylic acids is 1. The predicted octanol–water partition coefficient (Wildman–Crippen LogP) is 5.69. The van der Waals surface area contributed by atoms with E-state index in [-0.39, 0.29) is 16.9 Å². The standard InChI is InChI=1S/C23H18Cl2N2O4/c1-26-22(28)14-10-15(23(29)30)21-20(11-14)31-19-7-5-13(9-18(19)27-21)3-2-12-4-6-16(24)17(25)8-12/h4-11,27H,2-3H2,1H3,(H,26,28)(H,29,30). The molecule has 0 bridgehead atoms. The Bertz CT molecular complexity index is 1210. The molecule has 4 rings (SSSR count). The second-order valence-electron chi connectivity index (χ2n) is 7.09. The Balaban J connectivity index is 1.60. The fraction of sp³-hybridized carbons (Fsp3) is 0.130. The van der Waals surface area contributed by atoms with Gasteiger partial charge in [0.2, 0.25) is 0 Å². The molecular weight excluding hydrogens is 439 g/mol. The van der Waals surface area contributed by atoms with Crippen LogP contribution in [0.4, 0.5) is 11.4 Å². The van der Waals surface area contributed by atoms with Crippen LogP contribution in [0.3, 0.4) is 0 Å². The van der Waals surface area contributed by atoms with Crippen LogP contribution in [0, 0.1) is 0 Å². The van der Waals surface area contributed by atoms with Crippen LogP contribution in [-0.2, 0) is 12.8 Å². The van der Waals surface area contributed by atoms with Crippen LogP contribution < -0.4 is 15.4 Å². The predicted molar refractivity (Wildman–Crippen MR) is 120 cm³/mol. The highest BCUT2D eigenvalue weighted by atomic mass is 35.5. The molecule has 3 N–H and O–H groups in total. The molecule has 3 aromatic carbocycles. The highest BCUT2D eigenvalue weighted by Gasteiger charge is 2.25. The summed E-state index contributed by atoms with van der Waals surface area (Å²) in [6.07, 6.45) is 1.52. The number of ether oxygens (including phenoxy) is 1. The Kier molecular flexibility index (Phi) is 5.76. The summed E-state index contributed by atoms with van der Waals surface area (Å²) in [7, 11) is 1.48. The Labute approximate surface area is 188 Å². The minimum Gasteiger partial charge on any atom is -0.478 e. The van der Waals surface area contributed by atoms with E-state index in [4.69, 9.17) is 27.9 Å². The molecule has 158 valence electrons. The molecule has 1 amide bonds. The minimum absolute atomic E-state index is 0.0389. The lowest BCUT2D eigenvalue weighted by Gasteiger charge is -2.24. The van der Waals surface area contributed by atoms with Crippen LogP contribution in [0.5, 0.6) is 11.5 Å². The van der Waals surface area contributed by atoms with Crippen molar-refractivity contribution in [1.29, 1.82) is 0 Å². The van der Waals surface area contributed by atoms with Crippen LogP contribution in [-0.4, -0.2) is 24.0 Å². The number of aromatic carboxylic acids is 1. The van der Waals surface area contributed by atoms with Crippen LogP contribution in [0.25, 0.3) is 0 Å². The largest absolute Gasteiger partial charge is 0.478 e. The van der Waals surface area contributed by atoms with Gasteiger partial charge >= 0.3 is 5.97 Å². The van der Waals surface area contributed by atoms with E-state index in [9.17, 15) is 14.7 Å². The van der Waals surface area contributed by atoms with E-state index < -0.39 is 11.9 Å². The molecule has 0 fully saturated rings. The van der Waals surface area contributed by atoms with Crippen LogP contribution >= 0.6 is 23.2 Å². The first-order valence-corrected chi connectivity index (χ1v) is 10.3. The maximum Gasteiger partial charge on any atom is 0.337 e. The van der Waals surface area contributed by atoms with Gasteiger partial charge in [-0.2, -0.15) is 0 Å². The van der Waals surface area contributed by atoms with Crippen molar-refractivity contribution < 1.29 is 19.4 Å². The number of aryl methyl sites for hydroxylation is 2. The van der Waals surface area contributed by atoms with E-state index in [2.05, 4.69) is 10.6 Å². The number of hydrogen-bond acceptors (Lipinski definition) is 4. The second-order valence-corrected chi connectivity index (χ2v) is 7.90. The normalized spacial score (nSPS) is 11.6. The van der Waals surface area contributed by atoms with Crippen LogP contribution in [0.2, 0.25) is 10.0 Å². The number of hydrogen-bond donors (Lipinski definition) is 3. The molecule has 1 aliphatic rings. The first kappa shape index (κ1) is 21.0. The van der Waals surface area contributed by atoms with E-state index in [1.54, 1.807) is 6.07 Å². The number of anilines is 2. The average Bonchev–Trinajstić information content (AvgIpc) is 2.76. The van der Waals surface area contributed by atoms with Gasteiger partial charge in [0.05, 0.1) is 27.0 Å². The minimum atomic E-state index is -1.16. The Hall–Kier alpha value is -3.22. The Morgan fingerprint density at radius 2 is 1.68 bits per heavy atom. The first-order valence-electron chi connectivity index (χ1n) is 9.51. The number of fused-ring (bicyclic) bond motifs is 2. The quantitative estimate of drug-likeness (QED) is 0.359. The maximum atomic E-state index is 12.0. The lowest BCUT2D eigenvalue weighted by Crippen LogP contribution is -2.19. The zero-order valence-electron chi connectivity index (χ0n) is 16.5. The van der Waals surface area contributed by atoms with Crippen molar-refractivity contribution in [2.75, 3.05) is 12.4 Å². The highest BCUT2D eigenvalue weighted by molar-refractivity contribution is 6.42. The zero-order valence-corrected chi connectivity index (χ0v) is 18.0. The maximum absolute atomic E-state index is 12.0. The highest BCUT2D eigenvalue weighted by Crippen LogP contribution is 2.44. The molecule has 0 radical (unpaired) electrons. The molecule has 0 unspecified atom stereocenters. The van der Waals surface area contributed by atoms with E-state index >= 15 is 0 Å². The molecule has 1 heterocycles. The molecule has 3 aromatic rings. The van der Waals surface area contributed by atoms with E-state index in [1.165, 1.54) is 19.2 Å². The summed E-state index contributed by atoms with van der Waals surface area (Å²) in [5.74, 6) is -0.708. The molecule has 0 aliphatic carbocycles. The Morgan fingerprint density at radius 3 is 2.35 bits per heavy atom. The molecule has 0 aromatic heterocycles. The van der Waals surface area contributed by atoms with Gasteiger partial charge in [-0.3, -0.25) is 4.79 Å². The molecule has 0 spiro atoms. The summed E-state index contributed by atoms with van der Waals surface area (Å²) in [4.78, 5) is 23.8. The number of benzene rings is 3. The monoisotopic (exact) mass is 456 g/mol. The number of carbonyl (C=O) groups is 2. The molecule has 1 aliphatic heterocycles. The van der Waals surface area contributed by atoms with Gasteiger partial charge in [0, 0.05) is 12.6 Å². The summed E-state index contributed by atoms with van der Waals surface area (Å²) in [6.45, 7) is 0. The van der Waals surface area contributed by atoms with Crippen molar-refractivity contribution in [2.24, 2.45) is 0 Å². The summed E-state index contributed by atoms with van der Waals surface area (Å²) >= 11 is 12.1. The topological polar surface area (TPSA) is 87.7 Å². The third-order valence-electron chi connectivity index (χ3n) is 5.03. The average molecular weight is 457 g/mol. The van der Waals surface area contributed by atoms with Crippen LogP contribution in [0.1, 0.15) is 31.8 Å². The Morgan fingerprint density at radius 1 is 0.968 bits per heavy atom. The van der Waals surface area contributed by atoms with Crippen molar-refractivity contribution in [3.63, 3.8) is 0 Å².